The molecule has 1 aliphatic heterocycles. The van der Waals surface area contributed by atoms with Crippen LogP contribution in [0, 0.1) is 12.7 Å². The summed E-state index contributed by atoms with van der Waals surface area (Å²) < 4.78 is 13.5. The largest absolute Gasteiger partial charge is 0.336 e. The van der Waals surface area contributed by atoms with Crippen LogP contribution >= 0.6 is 0 Å². The number of amides is 1. The second kappa shape index (κ2) is 10.2. The van der Waals surface area contributed by atoms with Crippen LogP contribution in [0.4, 0.5) is 4.39 Å². The smallest absolute Gasteiger partial charge is 0.254 e. The van der Waals surface area contributed by atoms with Gasteiger partial charge in [0.1, 0.15) is 5.82 Å². The van der Waals surface area contributed by atoms with Gasteiger partial charge >= 0.3 is 0 Å². The summed E-state index contributed by atoms with van der Waals surface area (Å²) in [6.45, 7) is 5.90. The first-order chi connectivity index (χ1) is 17.1. The van der Waals surface area contributed by atoms with Crippen LogP contribution in [0.3, 0.4) is 0 Å². The zero-order chi connectivity index (χ0) is 24.2. The minimum absolute atomic E-state index is 0.0193. The molecule has 5 heteroatoms. The minimum atomic E-state index is -0.294. The zero-order valence-electron chi connectivity index (χ0n) is 19.8. The van der Waals surface area contributed by atoms with Crippen molar-refractivity contribution in [3.05, 3.63) is 107 Å². The maximum Gasteiger partial charge on any atom is 0.254 e. The van der Waals surface area contributed by atoms with E-state index in [9.17, 15) is 9.18 Å². The van der Waals surface area contributed by atoms with Crippen LogP contribution in [-0.2, 0) is 0 Å². The predicted molar refractivity (Wildman–Crippen MR) is 140 cm³/mol. The van der Waals surface area contributed by atoms with Gasteiger partial charge in [-0.05, 0) is 55.0 Å². The maximum absolute atomic E-state index is 13.7. The molecular formula is C30H28FN3O. The van der Waals surface area contributed by atoms with E-state index in [0.29, 0.717) is 24.3 Å². The number of hydrogen-bond acceptors (Lipinski definition) is 3. The van der Waals surface area contributed by atoms with E-state index in [1.54, 1.807) is 12.1 Å². The number of rotatable bonds is 5. The Morgan fingerprint density at radius 2 is 1.69 bits per heavy atom. The molecule has 2 heterocycles. The summed E-state index contributed by atoms with van der Waals surface area (Å²) in [5, 5.41) is 0.856. The molecule has 1 saturated heterocycles. The van der Waals surface area contributed by atoms with Gasteiger partial charge in [0, 0.05) is 43.7 Å². The van der Waals surface area contributed by atoms with Gasteiger partial charge < -0.3 is 4.90 Å². The lowest BCUT2D eigenvalue weighted by Gasteiger charge is -2.34. The molecule has 35 heavy (non-hydrogen) atoms. The van der Waals surface area contributed by atoms with Crippen LogP contribution < -0.4 is 0 Å². The summed E-state index contributed by atoms with van der Waals surface area (Å²) in [4.78, 5) is 22.7. The van der Waals surface area contributed by atoms with Crippen LogP contribution in [0.5, 0.6) is 0 Å². The molecule has 1 fully saturated rings. The summed E-state index contributed by atoms with van der Waals surface area (Å²) in [7, 11) is 0. The quantitative estimate of drug-likeness (QED) is 0.373. The first kappa shape index (κ1) is 22.9. The lowest BCUT2D eigenvalue weighted by Crippen LogP contribution is -2.48. The molecule has 1 amide bonds. The van der Waals surface area contributed by atoms with E-state index in [2.05, 4.69) is 29.2 Å². The van der Waals surface area contributed by atoms with Crippen molar-refractivity contribution in [3.63, 3.8) is 0 Å². The number of carbonyl (C=O) groups excluding carboxylic acids is 1. The standard InChI is InChI=1S/C30H28FN3O/c1-22-9-14-28-26(20-22)27(21-29(32-28)24-10-12-25(31)13-11-24)30(35)34-18-16-33(17-19-34)15-5-8-23-6-3-2-4-7-23/h2-14,20-21H,15-19H2,1H3. The summed E-state index contributed by atoms with van der Waals surface area (Å²) in [6.07, 6.45) is 4.32. The zero-order valence-corrected chi connectivity index (χ0v) is 19.8. The number of benzene rings is 3. The highest BCUT2D eigenvalue weighted by Gasteiger charge is 2.24. The number of carbonyl (C=O) groups is 1. The number of fused-ring (bicyclic) bond motifs is 1. The highest BCUT2D eigenvalue weighted by Crippen LogP contribution is 2.27. The molecule has 5 rings (SSSR count). The minimum Gasteiger partial charge on any atom is -0.336 e. The Balaban J connectivity index is 1.34. The Hall–Kier alpha value is -3.83. The molecule has 0 aliphatic carbocycles. The lowest BCUT2D eigenvalue weighted by molar-refractivity contribution is 0.0652. The van der Waals surface area contributed by atoms with E-state index in [-0.39, 0.29) is 11.7 Å². The predicted octanol–water partition coefficient (Wildman–Crippen LogP) is 5.82. The van der Waals surface area contributed by atoms with Gasteiger partial charge in [0.2, 0.25) is 0 Å². The van der Waals surface area contributed by atoms with Crippen LogP contribution in [0.1, 0.15) is 21.5 Å². The van der Waals surface area contributed by atoms with Crippen LogP contribution in [0.15, 0.2) is 84.9 Å². The molecule has 0 unspecified atom stereocenters. The SMILES string of the molecule is Cc1ccc2nc(-c3ccc(F)cc3)cc(C(=O)N3CCN(CC=Cc4ccccc4)CC3)c2c1. The van der Waals surface area contributed by atoms with Gasteiger partial charge in [-0.25, -0.2) is 9.37 Å². The van der Waals surface area contributed by atoms with Crippen LogP contribution in [0.2, 0.25) is 0 Å². The number of pyridine rings is 1. The first-order valence-electron chi connectivity index (χ1n) is 12.0. The number of aromatic nitrogens is 1. The van der Waals surface area contributed by atoms with E-state index in [1.807, 2.05) is 54.3 Å². The van der Waals surface area contributed by atoms with Crippen molar-refractivity contribution in [1.82, 2.24) is 14.8 Å². The molecule has 176 valence electrons. The number of piperazine rings is 1. The second-order valence-corrected chi connectivity index (χ2v) is 8.99. The molecule has 0 atom stereocenters. The lowest BCUT2D eigenvalue weighted by atomic mass is 10.0. The molecule has 0 bridgehead atoms. The average molecular weight is 466 g/mol. The van der Waals surface area contributed by atoms with Crippen LogP contribution in [-0.4, -0.2) is 53.4 Å². The van der Waals surface area contributed by atoms with Gasteiger partial charge in [0.05, 0.1) is 16.8 Å². The summed E-state index contributed by atoms with van der Waals surface area (Å²) in [5.74, 6) is -0.274. The number of hydrogen-bond donors (Lipinski definition) is 0. The Labute approximate surface area is 205 Å². The molecule has 3 aromatic carbocycles. The topological polar surface area (TPSA) is 36.4 Å². The molecule has 0 spiro atoms. The highest BCUT2D eigenvalue weighted by atomic mass is 19.1. The van der Waals surface area contributed by atoms with E-state index in [0.717, 1.165) is 41.7 Å². The fourth-order valence-electron chi connectivity index (χ4n) is 4.49. The molecule has 1 aromatic heterocycles. The van der Waals surface area contributed by atoms with Crippen molar-refractivity contribution in [1.29, 1.82) is 0 Å². The van der Waals surface area contributed by atoms with E-state index in [4.69, 9.17) is 4.98 Å². The highest BCUT2D eigenvalue weighted by molar-refractivity contribution is 6.07. The fraction of sp³-hybridized carbons (Fsp3) is 0.200. The molecule has 4 aromatic rings. The summed E-state index contributed by atoms with van der Waals surface area (Å²) >= 11 is 0. The van der Waals surface area contributed by atoms with E-state index in [1.165, 1.54) is 17.7 Å². The third-order valence-corrected chi connectivity index (χ3v) is 6.47. The second-order valence-electron chi connectivity index (χ2n) is 8.99. The third-order valence-electron chi connectivity index (χ3n) is 6.47. The Kier molecular flexibility index (Phi) is 6.68. The molecule has 0 radical (unpaired) electrons. The number of nitrogens with zero attached hydrogens (tertiary/aromatic N) is 3. The fourth-order valence-corrected chi connectivity index (χ4v) is 4.49. The molecule has 0 saturated carbocycles. The third kappa shape index (κ3) is 5.31. The van der Waals surface area contributed by atoms with Crippen molar-refractivity contribution < 1.29 is 9.18 Å². The Morgan fingerprint density at radius 1 is 0.943 bits per heavy atom. The first-order valence-corrected chi connectivity index (χ1v) is 12.0. The van der Waals surface area contributed by atoms with Gasteiger partial charge in [0.15, 0.2) is 0 Å². The maximum atomic E-state index is 13.7. The summed E-state index contributed by atoms with van der Waals surface area (Å²) in [5.41, 5.74) is 5.16. The van der Waals surface area contributed by atoms with Gasteiger partial charge in [-0.15, -0.1) is 0 Å². The number of halogens is 1. The molecule has 0 N–H and O–H groups in total. The normalized spacial score (nSPS) is 14.6. The molecule has 1 aliphatic rings. The van der Waals surface area contributed by atoms with E-state index >= 15 is 0 Å². The molecule has 4 nitrogen and oxygen atoms in total. The molecular weight excluding hydrogens is 437 g/mol. The van der Waals surface area contributed by atoms with Crippen molar-refractivity contribution in [2.75, 3.05) is 32.7 Å². The number of aryl methyl sites for hydroxylation is 1. The van der Waals surface area contributed by atoms with E-state index < -0.39 is 0 Å². The van der Waals surface area contributed by atoms with Gasteiger partial charge in [0.25, 0.3) is 5.91 Å². The van der Waals surface area contributed by atoms with Crippen molar-refractivity contribution >= 4 is 22.9 Å². The van der Waals surface area contributed by atoms with Gasteiger partial charge in [-0.1, -0.05) is 54.1 Å². The monoisotopic (exact) mass is 465 g/mol. The Bertz CT molecular complexity index is 1360. The average Bonchev–Trinajstić information content (AvgIpc) is 2.89. The summed E-state index contributed by atoms with van der Waals surface area (Å²) in [6, 6.07) is 24.3. The van der Waals surface area contributed by atoms with Crippen molar-refractivity contribution in [3.8, 4) is 11.3 Å². The van der Waals surface area contributed by atoms with Gasteiger partial charge in [-0.2, -0.15) is 0 Å². The Morgan fingerprint density at radius 3 is 2.43 bits per heavy atom. The van der Waals surface area contributed by atoms with Gasteiger partial charge in [-0.3, -0.25) is 9.69 Å². The van der Waals surface area contributed by atoms with Crippen LogP contribution in [0.25, 0.3) is 28.2 Å². The van der Waals surface area contributed by atoms with Crippen molar-refractivity contribution in [2.45, 2.75) is 6.92 Å². The van der Waals surface area contributed by atoms with Crippen molar-refractivity contribution in [2.24, 2.45) is 0 Å².